The highest BCUT2D eigenvalue weighted by atomic mass is 32.2. The SMILES string of the molecule is O=C(NCC1CCCO1)c1ccc(N2CCNCC2)c(NS(=O)(=O)c2ccccc2F)c1. The van der Waals surface area contributed by atoms with Crippen LogP contribution in [0.5, 0.6) is 0 Å². The first-order chi connectivity index (χ1) is 15.4. The molecule has 2 fully saturated rings. The van der Waals surface area contributed by atoms with Crippen molar-refractivity contribution in [3.8, 4) is 0 Å². The molecule has 32 heavy (non-hydrogen) atoms. The fourth-order valence-corrected chi connectivity index (χ4v) is 5.06. The third-order valence-electron chi connectivity index (χ3n) is 5.60. The lowest BCUT2D eigenvalue weighted by Gasteiger charge is -2.31. The Labute approximate surface area is 187 Å². The lowest BCUT2D eigenvalue weighted by molar-refractivity contribution is 0.0858. The van der Waals surface area contributed by atoms with Gasteiger partial charge in [-0.3, -0.25) is 9.52 Å². The van der Waals surface area contributed by atoms with E-state index in [1.165, 1.54) is 24.3 Å². The molecule has 0 bridgehead atoms. The first-order valence-corrected chi connectivity index (χ1v) is 12.2. The van der Waals surface area contributed by atoms with Gasteiger partial charge in [0.15, 0.2) is 0 Å². The maximum atomic E-state index is 14.2. The number of carbonyl (C=O) groups excluding carboxylic acids is 1. The van der Waals surface area contributed by atoms with Gasteiger partial charge >= 0.3 is 0 Å². The average molecular weight is 463 g/mol. The summed E-state index contributed by atoms with van der Waals surface area (Å²) in [6, 6.07) is 10.1. The standard InChI is InChI=1S/C22H27FN4O4S/c23-18-5-1-2-6-21(18)32(29,30)26-19-14-16(22(28)25-15-17-4-3-13-31-17)7-8-20(19)27-11-9-24-10-12-27/h1-2,5-8,14,17,24,26H,3-4,9-13,15H2,(H,25,28). The number of nitrogens with one attached hydrogen (secondary N) is 3. The van der Waals surface area contributed by atoms with Crippen molar-refractivity contribution in [1.29, 1.82) is 0 Å². The van der Waals surface area contributed by atoms with Gasteiger partial charge in [-0.15, -0.1) is 0 Å². The number of amides is 1. The van der Waals surface area contributed by atoms with Gasteiger partial charge in [0.2, 0.25) is 0 Å². The quantitative estimate of drug-likeness (QED) is 0.582. The summed E-state index contributed by atoms with van der Waals surface area (Å²) in [4.78, 5) is 14.3. The Balaban J connectivity index is 1.61. The van der Waals surface area contributed by atoms with Gasteiger partial charge in [0.1, 0.15) is 10.7 Å². The van der Waals surface area contributed by atoms with Crippen LogP contribution in [0.2, 0.25) is 0 Å². The molecular weight excluding hydrogens is 435 g/mol. The van der Waals surface area contributed by atoms with Gasteiger partial charge in [-0.2, -0.15) is 0 Å². The topological polar surface area (TPSA) is 99.8 Å². The molecule has 2 saturated heterocycles. The van der Waals surface area contributed by atoms with E-state index in [-0.39, 0.29) is 17.7 Å². The van der Waals surface area contributed by atoms with E-state index in [9.17, 15) is 17.6 Å². The first-order valence-electron chi connectivity index (χ1n) is 10.7. The summed E-state index contributed by atoms with van der Waals surface area (Å²) in [5.41, 5.74) is 1.19. The molecule has 2 aliphatic rings. The van der Waals surface area contributed by atoms with E-state index in [1.807, 2.05) is 4.90 Å². The van der Waals surface area contributed by atoms with Gasteiger partial charge in [-0.25, -0.2) is 12.8 Å². The molecule has 172 valence electrons. The van der Waals surface area contributed by atoms with Crippen molar-refractivity contribution in [2.75, 3.05) is 49.0 Å². The number of carbonyl (C=O) groups is 1. The maximum absolute atomic E-state index is 14.2. The fourth-order valence-electron chi connectivity index (χ4n) is 3.92. The van der Waals surface area contributed by atoms with Crippen LogP contribution in [0.25, 0.3) is 0 Å². The molecule has 0 aliphatic carbocycles. The molecule has 1 unspecified atom stereocenters. The molecule has 0 spiro atoms. The van der Waals surface area contributed by atoms with E-state index >= 15 is 0 Å². The van der Waals surface area contributed by atoms with Gasteiger partial charge in [-0.1, -0.05) is 12.1 Å². The summed E-state index contributed by atoms with van der Waals surface area (Å²) in [6.07, 6.45) is 1.87. The molecule has 2 aromatic carbocycles. The number of hydrogen-bond acceptors (Lipinski definition) is 6. The van der Waals surface area contributed by atoms with Crippen LogP contribution in [0.1, 0.15) is 23.2 Å². The normalized spacial score (nSPS) is 19.0. The van der Waals surface area contributed by atoms with Crippen molar-refractivity contribution in [1.82, 2.24) is 10.6 Å². The fraction of sp³-hybridized carbons (Fsp3) is 0.409. The van der Waals surface area contributed by atoms with Crippen molar-refractivity contribution in [2.45, 2.75) is 23.8 Å². The van der Waals surface area contributed by atoms with Crippen LogP contribution in [0.15, 0.2) is 47.4 Å². The molecule has 1 atom stereocenters. The van der Waals surface area contributed by atoms with Crippen LogP contribution in [0, 0.1) is 5.82 Å². The summed E-state index contributed by atoms with van der Waals surface area (Å²) >= 11 is 0. The largest absolute Gasteiger partial charge is 0.376 e. The number of benzene rings is 2. The monoisotopic (exact) mass is 462 g/mol. The minimum absolute atomic E-state index is 0.00176. The number of halogens is 1. The van der Waals surface area contributed by atoms with Crippen molar-refractivity contribution < 1.29 is 22.3 Å². The number of rotatable bonds is 7. The molecule has 0 radical (unpaired) electrons. The van der Waals surface area contributed by atoms with E-state index in [0.717, 1.165) is 32.0 Å². The van der Waals surface area contributed by atoms with Crippen molar-refractivity contribution in [3.05, 3.63) is 53.8 Å². The van der Waals surface area contributed by atoms with Gasteiger partial charge in [0.05, 0.1) is 17.5 Å². The Morgan fingerprint density at radius 2 is 1.97 bits per heavy atom. The molecular formula is C22H27FN4O4S. The summed E-state index contributed by atoms with van der Waals surface area (Å²) in [7, 11) is -4.19. The number of ether oxygens (including phenoxy) is 1. The Bertz CT molecular complexity index is 1070. The Morgan fingerprint density at radius 3 is 2.69 bits per heavy atom. The summed E-state index contributed by atoms with van der Waals surface area (Å²) < 4.78 is 48.1. The number of sulfonamides is 1. The Kier molecular flexibility index (Phi) is 6.92. The van der Waals surface area contributed by atoms with Crippen molar-refractivity contribution in [3.63, 3.8) is 0 Å². The predicted octanol–water partition coefficient (Wildman–Crippen LogP) is 1.94. The molecule has 1 amide bonds. The third-order valence-corrected chi connectivity index (χ3v) is 7.00. The maximum Gasteiger partial charge on any atom is 0.264 e. The molecule has 4 rings (SSSR count). The molecule has 2 heterocycles. The highest BCUT2D eigenvalue weighted by Crippen LogP contribution is 2.30. The summed E-state index contributed by atoms with van der Waals surface area (Å²) in [5.74, 6) is -1.16. The minimum atomic E-state index is -4.19. The molecule has 8 nitrogen and oxygen atoms in total. The Morgan fingerprint density at radius 1 is 1.19 bits per heavy atom. The van der Waals surface area contributed by atoms with Gasteiger partial charge < -0.3 is 20.3 Å². The molecule has 0 saturated carbocycles. The second kappa shape index (κ2) is 9.85. The van der Waals surface area contributed by atoms with Crippen molar-refractivity contribution >= 4 is 27.3 Å². The Hall–Kier alpha value is -2.69. The van der Waals surface area contributed by atoms with Gasteiger partial charge in [0.25, 0.3) is 15.9 Å². The van der Waals surface area contributed by atoms with Crippen molar-refractivity contribution in [2.24, 2.45) is 0 Å². The third kappa shape index (κ3) is 5.20. The molecule has 2 aromatic rings. The zero-order valence-electron chi connectivity index (χ0n) is 17.6. The zero-order chi connectivity index (χ0) is 22.6. The lowest BCUT2D eigenvalue weighted by Crippen LogP contribution is -2.43. The minimum Gasteiger partial charge on any atom is -0.376 e. The van der Waals surface area contributed by atoms with Crippen LogP contribution in [0.4, 0.5) is 15.8 Å². The van der Waals surface area contributed by atoms with E-state index < -0.39 is 20.7 Å². The summed E-state index contributed by atoms with van der Waals surface area (Å²) in [6.45, 7) is 3.96. The molecule has 2 aliphatic heterocycles. The molecule has 10 heteroatoms. The van der Waals surface area contributed by atoms with E-state index in [2.05, 4.69) is 15.4 Å². The van der Waals surface area contributed by atoms with Gasteiger partial charge in [0, 0.05) is 44.9 Å². The van der Waals surface area contributed by atoms with E-state index in [4.69, 9.17) is 4.74 Å². The van der Waals surface area contributed by atoms with E-state index in [1.54, 1.807) is 12.1 Å². The molecule has 0 aromatic heterocycles. The number of anilines is 2. The number of nitrogens with zero attached hydrogens (tertiary/aromatic N) is 1. The summed E-state index contributed by atoms with van der Waals surface area (Å²) in [5, 5.41) is 6.10. The van der Waals surface area contributed by atoms with Crippen LogP contribution in [0.3, 0.4) is 0 Å². The molecule has 3 N–H and O–H groups in total. The van der Waals surface area contributed by atoms with Gasteiger partial charge in [-0.05, 0) is 43.2 Å². The predicted molar refractivity (Wildman–Crippen MR) is 120 cm³/mol. The number of piperazine rings is 1. The first kappa shape index (κ1) is 22.5. The average Bonchev–Trinajstić information content (AvgIpc) is 3.32. The van der Waals surface area contributed by atoms with Crippen LogP contribution < -0.4 is 20.3 Å². The van der Waals surface area contributed by atoms with Crippen LogP contribution in [-0.2, 0) is 14.8 Å². The van der Waals surface area contributed by atoms with E-state index in [0.29, 0.717) is 37.5 Å². The van der Waals surface area contributed by atoms with Crippen LogP contribution in [-0.4, -0.2) is 59.8 Å². The zero-order valence-corrected chi connectivity index (χ0v) is 18.5. The second-order valence-corrected chi connectivity index (χ2v) is 9.50. The smallest absolute Gasteiger partial charge is 0.264 e. The number of hydrogen-bond donors (Lipinski definition) is 3. The highest BCUT2D eigenvalue weighted by molar-refractivity contribution is 7.92. The lowest BCUT2D eigenvalue weighted by atomic mass is 10.1. The second-order valence-electron chi connectivity index (χ2n) is 7.85. The highest BCUT2D eigenvalue weighted by Gasteiger charge is 2.24. The van der Waals surface area contributed by atoms with Crippen LogP contribution >= 0.6 is 0 Å².